The van der Waals surface area contributed by atoms with E-state index in [0.29, 0.717) is 25.2 Å². The minimum absolute atomic E-state index is 0.167. The molecule has 0 aromatic carbocycles. The first-order chi connectivity index (χ1) is 11.9. The van der Waals surface area contributed by atoms with Crippen molar-refractivity contribution in [3.63, 3.8) is 0 Å². The topological polar surface area (TPSA) is 101 Å². The molecule has 0 bridgehead atoms. The molecule has 0 heterocycles. The number of carbonyl (C=O) groups is 3. The van der Waals surface area contributed by atoms with E-state index in [4.69, 9.17) is 4.74 Å². The van der Waals surface area contributed by atoms with Crippen LogP contribution in [-0.4, -0.2) is 34.7 Å². The smallest absolute Gasteiger partial charge is 0.309 e. The summed E-state index contributed by atoms with van der Waals surface area (Å²) in [6.45, 7) is 3.98. The van der Waals surface area contributed by atoms with Gasteiger partial charge < -0.3 is 14.9 Å². The summed E-state index contributed by atoms with van der Waals surface area (Å²) in [6.07, 6.45) is 7.10. The average Bonchev–Trinajstić information content (AvgIpc) is 2.60. The summed E-state index contributed by atoms with van der Waals surface area (Å²) in [5.41, 5.74) is 0. The number of carbonyl (C=O) groups excluding carboxylic acids is 1. The zero-order chi connectivity index (χ0) is 18.8. The molecule has 1 aliphatic rings. The van der Waals surface area contributed by atoms with E-state index in [1.165, 1.54) is 0 Å². The van der Waals surface area contributed by atoms with Gasteiger partial charge in [0.25, 0.3) is 0 Å². The van der Waals surface area contributed by atoms with E-state index in [1.54, 1.807) is 0 Å². The van der Waals surface area contributed by atoms with Crippen molar-refractivity contribution in [2.75, 3.05) is 6.61 Å². The van der Waals surface area contributed by atoms with Crippen molar-refractivity contribution in [2.24, 2.45) is 23.7 Å². The summed E-state index contributed by atoms with van der Waals surface area (Å²) >= 11 is 0. The van der Waals surface area contributed by atoms with E-state index in [-0.39, 0.29) is 6.61 Å². The van der Waals surface area contributed by atoms with Gasteiger partial charge in [-0.1, -0.05) is 52.4 Å². The molecule has 1 rings (SSSR count). The zero-order valence-corrected chi connectivity index (χ0v) is 15.4. The van der Waals surface area contributed by atoms with Crippen LogP contribution in [0.3, 0.4) is 0 Å². The molecular formula is C19H32O6. The largest absolute Gasteiger partial charge is 0.481 e. The second kappa shape index (κ2) is 11.1. The SMILES string of the molecule is CCCCC(CC)CC(COC(=O)C1CCCCC1C(=O)O)C(=O)O. The normalized spacial score (nSPS) is 22.8. The molecule has 144 valence electrons. The van der Waals surface area contributed by atoms with Crippen molar-refractivity contribution in [1.29, 1.82) is 0 Å². The Kier molecular flexibility index (Phi) is 9.53. The number of hydrogen-bond acceptors (Lipinski definition) is 4. The first kappa shape index (κ1) is 21.5. The third-order valence-corrected chi connectivity index (χ3v) is 5.32. The molecule has 0 spiro atoms. The van der Waals surface area contributed by atoms with Crippen molar-refractivity contribution in [3.05, 3.63) is 0 Å². The molecule has 1 aliphatic carbocycles. The van der Waals surface area contributed by atoms with Crippen LogP contribution in [0.15, 0.2) is 0 Å². The number of aliphatic carboxylic acids is 2. The van der Waals surface area contributed by atoms with Gasteiger partial charge in [0.05, 0.1) is 17.8 Å². The molecule has 0 aromatic heterocycles. The maximum absolute atomic E-state index is 12.3. The number of hydrogen-bond donors (Lipinski definition) is 2. The first-order valence-corrected chi connectivity index (χ1v) is 9.52. The lowest BCUT2D eigenvalue weighted by molar-refractivity contribution is -0.163. The fraction of sp³-hybridized carbons (Fsp3) is 0.842. The average molecular weight is 356 g/mol. The molecule has 6 nitrogen and oxygen atoms in total. The van der Waals surface area contributed by atoms with Gasteiger partial charge in [-0.25, -0.2) is 0 Å². The maximum Gasteiger partial charge on any atom is 0.309 e. The van der Waals surface area contributed by atoms with Crippen LogP contribution in [0.2, 0.25) is 0 Å². The lowest BCUT2D eigenvalue weighted by Crippen LogP contribution is -2.35. The Bertz CT molecular complexity index is 447. The van der Waals surface area contributed by atoms with Crippen LogP contribution in [0.25, 0.3) is 0 Å². The van der Waals surface area contributed by atoms with E-state index in [1.807, 2.05) is 6.92 Å². The monoisotopic (exact) mass is 356 g/mol. The summed E-state index contributed by atoms with van der Waals surface area (Å²) in [4.78, 5) is 35.1. The van der Waals surface area contributed by atoms with Gasteiger partial charge in [0, 0.05) is 0 Å². The van der Waals surface area contributed by atoms with Gasteiger partial charge in [-0.2, -0.15) is 0 Å². The van der Waals surface area contributed by atoms with Crippen molar-refractivity contribution < 1.29 is 29.3 Å². The van der Waals surface area contributed by atoms with Crippen LogP contribution in [0.1, 0.15) is 71.6 Å². The minimum atomic E-state index is -0.970. The van der Waals surface area contributed by atoms with Gasteiger partial charge in [0.15, 0.2) is 0 Å². The van der Waals surface area contributed by atoms with Crippen molar-refractivity contribution in [2.45, 2.75) is 71.6 Å². The zero-order valence-electron chi connectivity index (χ0n) is 15.4. The second-order valence-electron chi connectivity index (χ2n) is 7.15. The Hall–Kier alpha value is -1.59. The van der Waals surface area contributed by atoms with E-state index in [2.05, 4.69) is 6.92 Å². The van der Waals surface area contributed by atoms with Gasteiger partial charge in [-0.3, -0.25) is 14.4 Å². The summed E-state index contributed by atoms with van der Waals surface area (Å²) < 4.78 is 5.25. The van der Waals surface area contributed by atoms with Crippen LogP contribution in [0, 0.1) is 23.7 Å². The van der Waals surface area contributed by atoms with Crippen LogP contribution in [-0.2, 0) is 19.1 Å². The van der Waals surface area contributed by atoms with Crippen LogP contribution < -0.4 is 0 Å². The maximum atomic E-state index is 12.3. The summed E-state index contributed by atoms with van der Waals surface area (Å²) in [5.74, 6) is -4.26. The van der Waals surface area contributed by atoms with E-state index in [9.17, 15) is 24.6 Å². The minimum Gasteiger partial charge on any atom is -0.481 e. The summed E-state index contributed by atoms with van der Waals surface area (Å²) in [7, 11) is 0. The quantitative estimate of drug-likeness (QED) is 0.547. The van der Waals surface area contributed by atoms with Gasteiger partial charge in [-0.15, -0.1) is 0 Å². The number of esters is 1. The molecule has 0 saturated heterocycles. The van der Waals surface area contributed by atoms with Gasteiger partial charge in [0.2, 0.25) is 0 Å². The number of unbranched alkanes of at least 4 members (excludes halogenated alkanes) is 1. The van der Waals surface area contributed by atoms with Gasteiger partial charge in [0.1, 0.15) is 6.61 Å². The Morgan fingerprint density at radius 1 is 1.08 bits per heavy atom. The second-order valence-corrected chi connectivity index (χ2v) is 7.15. The van der Waals surface area contributed by atoms with Gasteiger partial charge in [-0.05, 0) is 25.2 Å². The predicted octanol–water partition coefficient (Wildman–Crippen LogP) is 3.73. The molecule has 2 N–H and O–H groups in total. The highest BCUT2D eigenvalue weighted by molar-refractivity contribution is 5.81. The van der Waals surface area contributed by atoms with Crippen LogP contribution >= 0.6 is 0 Å². The molecule has 0 amide bonds. The van der Waals surface area contributed by atoms with E-state index >= 15 is 0 Å². The fourth-order valence-corrected chi connectivity index (χ4v) is 3.62. The molecule has 4 atom stereocenters. The molecular weight excluding hydrogens is 324 g/mol. The molecule has 4 unspecified atom stereocenters. The third kappa shape index (κ3) is 7.04. The molecule has 1 fully saturated rings. The molecule has 1 saturated carbocycles. The fourth-order valence-electron chi connectivity index (χ4n) is 3.62. The molecule has 25 heavy (non-hydrogen) atoms. The Morgan fingerprint density at radius 3 is 2.24 bits per heavy atom. The Balaban J connectivity index is 2.59. The van der Waals surface area contributed by atoms with Crippen LogP contribution in [0.5, 0.6) is 0 Å². The third-order valence-electron chi connectivity index (χ3n) is 5.32. The standard InChI is InChI=1S/C19H32O6/c1-3-5-8-13(4-2)11-14(17(20)21)12-25-19(24)16-10-7-6-9-15(16)18(22)23/h13-16H,3-12H2,1-2H3,(H,20,21)(H,22,23). The van der Waals surface area contributed by atoms with E-state index < -0.39 is 35.7 Å². The predicted molar refractivity (Wildman–Crippen MR) is 93.1 cm³/mol. The van der Waals surface area contributed by atoms with Crippen molar-refractivity contribution in [3.8, 4) is 0 Å². The van der Waals surface area contributed by atoms with Crippen molar-refractivity contribution >= 4 is 17.9 Å². The molecule has 0 aliphatic heterocycles. The summed E-state index contributed by atoms with van der Waals surface area (Å²) in [5, 5.41) is 18.7. The molecule has 0 radical (unpaired) electrons. The summed E-state index contributed by atoms with van der Waals surface area (Å²) in [6, 6.07) is 0. The Labute approximate surface area is 149 Å². The highest BCUT2D eigenvalue weighted by Crippen LogP contribution is 2.31. The van der Waals surface area contributed by atoms with Crippen molar-refractivity contribution in [1.82, 2.24) is 0 Å². The van der Waals surface area contributed by atoms with Gasteiger partial charge >= 0.3 is 17.9 Å². The van der Waals surface area contributed by atoms with Crippen LogP contribution in [0.4, 0.5) is 0 Å². The lowest BCUT2D eigenvalue weighted by Gasteiger charge is -2.27. The lowest BCUT2D eigenvalue weighted by atomic mass is 9.79. The first-order valence-electron chi connectivity index (χ1n) is 9.52. The number of carboxylic acid groups (broad SMARTS) is 2. The van der Waals surface area contributed by atoms with E-state index in [0.717, 1.165) is 38.5 Å². The Morgan fingerprint density at radius 2 is 1.72 bits per heavy atom. The number of rotatable bonds is 11. The highest BCUT2D eigenvalue weighted by Gasteiger charge is 2.37. The molecule has 6 heteroatoms. The molecule has 0 aromatic rings. The highest BCUT2D eigenvalue weighted by atomic mass is 16.5. The number of carboxylic acids is 2. The number of ether oxygens (including phenoxy) is 1.